The maximum atomic E-state index is 13.5. The van der Waals surface area contributed by atoms with Crippen LogP contribution in [0.15, 0.2) is 77.3 Å². The fourth-order valence-corrected chi connectivity index (χ4v) is 4.42. The number of benzene rings is 3. The molecule has 0 aliphatic carbocycles. The van der Waals surface area contributed by atoms with Crippen LogP contribution in [0.2, 0.25) is 0 Å². The molecule has 0 saturated heterocycles. The zero-order valence-corrected chi connectivity index (χ0v) is 19.6. The van der Waals surface area contributed by atoms with Gasteiger partial charge in [0.15, 0.2) is 11.4 Å². The molecule has 0 radical (unpaired) electrons. The Morgan fingerprint density at radius 2 is 1.81 bits per heavy atom. The van der Waals surface area contributed by atoms with Gasteiger partial charge in [-0.2, -0.15) is 0 Å². The highest BCUT2D eigenvalue weighted by Gasteiger charge is 2.50. The predicted molar refractivity (Wildman–Crippen MR) is 130 cm³/mol. The Hall–Kier alpha value is -3.02. The summed E-state index contributed by atoms with van der Waals surface area (Å²) in [6.07, 6.45) is 2.80. The van der Waals surface area contributed by atoms with Crippen LogP contribution in [0.1, 0.15) is 34.2 Å². The van der Waals surface area contributed by atoms with E-state index in [1.807, 2.05) is 74.5 Å². The predicted octanol–water partition coefficient (Wildman–Crippen LogP) is 5.47. The smallest absolute Gasteiger partial charge is 0.264 e. The number of allylic oxidation sites excluding steroid dienone is 1. The third-order valence-corrected chi connectivity index (χ3v) is 6.31. The normalized spacial score (nSPS) is 17.8. The van der Waals surface area contributed by atoms with Crippen LogP contribution in [0.4, 0.5) is 5.69 Å². The molecule has 4 rings (SSSR count). The van der Waals surface area contributed by atoms with Crippen LogP contribution in [0.3, 0.4) is 0 Å². The van der Waals surface area contributed by atoms with E-state index in [0.717, 1.165) is 26.7 Å². The number of carbonyl (C=O) groups is 2. The Morgan fingerprint density at radius 3 is 2.56 bits per heavy atom. The summed E-state index contributed by atoms with van der Waals surface area (Å²) in [5, 5.41) is 11.5. The standard InChI is InChI=1S/C27H24BrNO3/c1-18-8-9-19(2)21(14-18)17-29-25-13-11-22(28)15-24(25)27(32,26(29)31)16-23(30)12-10-20-6-4-3-5-7-20/h3-15,32H,16-17H2,1-2H3/b12-10+. The molecule has 1 amide bonds. The number of aliphatic hydroxyl groups is 1. The largest absolute Gasteiger partial charge is 0.375 e. The van der Waals surface area contributed by atoms with Crippen molar-refractivity contribution >= 4 is 39.4 Å². The number of ketones is 1. The van der Waals surface area contributed by atoms with Crippen molar-refractivity contribution in [3.05, 3.63) is 105 Å². The van der Waals surface area contributed by atoms with Gasteiger partial charge in [-0.3, -0.25) is 9.59 Å². The molecule has 1 atom stereocenters. The number of amides is 1. The number of aryl methyl sites for hydroxylation is 2. The van der Waals surface area contributed by atoms with Crippen molar-refractivity contribution in [1.82, 2.24) is 0 Å². The minimum atomic E-state index is -1.91. The van der Waals surface area contributed by atoms with Gasteiger partial charge in [0.05, 0.1) is 18.7 Å². The van der Waals surface area contributed by atoms with Crippen LogP contribution in [-0.2, 0) is 21.7 Å². The third kappa shape index (κ3) is 4.31. The van der Waals surface area contributed by atoms with Crippen molar-refractivity contribution < 1.29 is 14.7 Å². The van der Waals surface area contributed by atoms with Crippen LogP contribution < -0.4 is 4.90 Å². The summed E-state index contributed by atoms with van der Waals surface area (Å²) in [7, 11) is 0. The van der Waals surface area contributed by atoms with E-state index in [2.05, 4.69) is 15.9 Å². The molecule has 1 heterocycles. The summed E-state index contributed by atoms with van der Waals surface area (Å²) < 4.78 is 0.739. The molecule has 3 aromatic carbocycles. The van der Waals surface area contributed by atoms with Crippen molar-refractivity contribution in [2.24, 2.45) is 0 Å². The average Bonchev–Trinajstić information content (AvgIpc) is 2.97. The Kier molecular flexibility index (Phi) is 6.13. The fraction of sp³-hybridized carbons (Fsp3) is 0.185. The quantitative estimate of drug-likeness (QED) is 0.466. The molecule has 1 aliphatic heterocycles. The lowest BCUT2D eigenvalue weighted by Crippen LogP contribution is -2.41. The van der Waals surface area contributed by atoms with E-state index in [4.69, 9.17) is 0 Å². The van der Waals surface area contributed by atoms with Crippen molar-refractivity contribution in [2.75, 3.05) is 4.90 Å². The molecule has 0 bridgehead atoms. The maximum Gasteiger partial charge on any atom is 0.264 e. The van der Waals surface area contributed by atoms with Gasteiger partial charge in [-0.25, -0.2) is 0 Å². The molecule has 1 aliphatic rings. The SMILES string of the molecule is Cc1ccc(C)c(CN2C(=O)C(O)(CC(=O)/C=C/c3ccccc3)c3cc(Br)ccc32)c1. The number of halogens is 1. The van der Waals surface area contributed by atoms with E-state index in [9.17, 15) is 14.7 Å². The Morgan fingerprint density at radius 1 is 1.06 bits per heavy atom. The first kappa shape index (κ1) is 22.2. The van der Waals surface area contributed by atoms with E-state index in [-0.39, 0.29) is 12.2 Å². The van der Waals surface area contributed by atoms with Gasteiger partial charge in [0.1, 0.15) is 0 Å². The van der Waals surface area contributed by atoms with Crippen molar-refractivity contribution in [3.63, 3.8) is 0 Å². The van der Waals surface area contributed by atoms with Crippen LogP contribution in [0, 0.1) is 13.8 Å². The van der Waals surface area contributed by atoms with E-state index in [1.54, 1.807) is 17.0 Å². The first-order valence-corrected chi connectivity index (χ1v) is 11.2. The fourth-order valence-electron chi connectivity index (χ4n) is 4.06. The molecule has 162 valence electrons. The van der Waals surface area contributed by atoms with Gasteiger partial charge >= 0.3 is 0 Å². The van der Waals surface area contributed by atoms with Crippen LogP contribution in [0.25, 0.3) is 6.08 Å². The minimum absolute atomic E-state index is 0.316. The van der Waals surface area contributed by atoms with Gasteiger partial charge in [0.25, 0.3) is 5.91 Å². The van der Waals surface area contributed by atoms with Gasteiger partial charge < -0.3 is 10.0 Å². The summed E-state index contributed by atoms with van der Waals surface area (Å²) >= 11 is 3.43. The maximum absolute atomic E-state index is 13.5. The molecule has 32 heavy (non-hydrogen) atoms. The average molecular weight is 490 g/mol. The Bertz CT molecular complexity index is 1220. The first-order chi connectivity index (χ1) is 15.3. The Labute approximate surface area is 196 Å². The summed E-state index contributed by atoms with van der Waals surface area (Å²) in [6.45, 7) is 4.34. The topological polar surface area (TPSA) is 57.6 Å². The van der Waals surface area contributed by atoms with E-state index < -0.39 is 11.5 Å². The second-order valence-electron chi connectivity index (χ2n) is 8.23. The summed E-state index contributed by atoms with van der Waals surface area (Å²) in [6, 6.07) is 20.9. The highest BCUT2D eigenvalue weighted by Crippen LogP contribution is 2.44. The molecule has 1 N–H and O–H groups in total. The molecule has 0 aromatic heterocycles. The second-order valence-corrected chi connectivity index (χ2v) is 9.15. The van der Waals surface area contributed by atoms with Gasteiger partial charge in [-0.15, -0.1) is 0 Å². The van der Waals surface area contributed by atoms with Gasteiger partial charge in [-0.05, 0) is 54.8 Å². The summed E-state index contributed by atoms with van der Waals surface area (Å²) in [5.74, 6) is -0.794. The second kappa shape index (κ2) is 8.85. The molecule has 0 saturated carbocycles. The summed E-state index contributed by atoms with van der Waals surface area (Å²) in [4.78, 5) is 27.8. The van der Waals surface area contributed by atoms with Gasteiger partial charge in [0, 0.05) is 10.0 Å². The highest BCUT2D eigenvalue weighted by atomic mass is 79.9. The molecule has 5 heteroatoms. The number of carbonyl (C=O) groups excluding carboxylic acids is 2. The summed E-state index contributed by atoms with van der Waals surface area (Å²) in [5.41, 5.74) is 3.22. The lowest BCUT2D eigenvalue weighted by molar-refractivity contribution is -0.140. The highest BCUT2D eigenvalue weighted by molar-refractivity contribution is 9.10. The van der Waals surface area contributed by atoms with Crippen LogP contribution in [0.5, 0.6) is 0 Å². The molecular weight excluding hydrogens is 466 g/mol. The van der Waals surface area contributed by atoms with E-state index in [0.29, 0.717) is 17.8 Å². The lowest BCUT2D eigenvalue weighted by Gasteiger charge is -2.23. The zero-order chi connectivity index (χ0) is 22.9. The van der Waals surface area contributed by atoms with Crippen LogP contribution >= 0.6 is 15.9 Å². The molecule has 0 spiro atoms. The molecule has 3 aromatic rings. The molecule has 0 fully saturated rings. The number of hydrogen-bond donors (Lipinski definition) is 1. The van der Waals surface area contributed by atoms with Crippen molar-refractivity contribution in [2.45, 2.75) is 32.4 Å². The molecule has 1 unspecified atom stereocenters. The molecule has 4 nitrogen and oxygen atoms in total. The van der Waals surface area contributed by atoms with Gasteiger partial charge in [0.2, 0.25) is 0 Å². The van der Waals surface area contributed by atoms with Crippen molar-refractivity contribution in [1.29, 1.82) is 0 Å². The van der Waals surface area contributed by atoms with E-state index >= 15 is 0 Å². The number of fused-ring (bicyclic) bond motifs is 1. The third-order valence-electron chi connectivity index (χ3n) is 5.82. The first-order valence-electron chi connectivity index (χ1n) is 10.4. The minimum Gasteiger partial charge on any atom is -0.375 e. The Balaban J connectivity index is 1.66. The number of nitrogens with zero attached hydrogens (tertiary/aromatic N) is 1. The van der Waals surface area contributed by atoms with Crippen LogP contribution in [-0.4, -0.2) is 16.8 Å². The number of anilines is 1. The van der Waals surface area contributed by atoms with E-state index in [1.165, 1.54) is 6.08 Å². The van der Waals surface area contributed by atoms with Crippen molar-refractivity contribution in [3.8, 4) is 0 Å². The molecular formula is C27H24BrNO3. The van der Waals surface area contributed by atoms with Gasteiger partial charge in [-0.1, -0.05) is 76.1 Å². The monoisotopic (exact) mass is 489 g/mol. The zero-order valence-electron chi connectivity index (χ0n) is 18.0. The number of hydrogen-bond acceptors (Lipinski definition) is 3. The lowest BCUT2D eigenvalue weighted by atomic mass is 9.89. The number of rotatable bonds is 6.